The lowest BCUT2D eigenvalue weighted by atomic mass is 10.1. The maximum atomic E-state index is 11.7. The number of carbonyl (C=O) groups excluding carboxylic acids is 3. The highest BCUT2D eigenvalue weighted by Gasteiger charge is 2.11. The van der Waals surface area contributed by atoms with E-state index in [0.717, 1.165) is 15.2 Å². The molecule has 0 radical (unpaired) electrons. The maximum absolute atomic E-state index is 11.7. The number of hydrogen-bond acceptors (Lipinski definition) is 5. The summed E-state index contributed by atoms with van der Waals surface area (Å²) in [7, 11) is 1.46. The predicted octanol–water partition coefficient (Wildman–Crippen LogP) is 1.39. The van der Waals surface area contributed by atoms with Gasteiger partial charge in [-0.2, -0.15) is 0 Å². The molecule has 0 aromatic heterocycles. The van der Waals surface area contributed by atoms with Crippen LogP contribution in [0.15, 0.2) is 40.9 Å². The third-order valence-electron chi connectivity index (χ3n) is 3.26. The van der Waals surface area contributed by atoms with Crippen LogP contribution in [0, 0.1) is 0 Å². The average molecular weight is 409 g/mol. The van der Waals surface area contributed by atoms with Crippen molar-refractivity contribution in [3.63, 3.8) is 0 Å². The standard InChI is InChI=1S/C17H17BrN2O5/c1-19-14(21)8-20-15(22)9-25-16(23)10-24-13-7-6-11-4-2-3-5-12(11)17(13)18/h2-7H,8-10H2,1H3,(H,19,21)(H,20,22). The number of hydrogen-bond donors (Lipinski definition) is 2. The number of halogens is 1. The number of likely N-dealkylation sites (N-methyl/N-ethyl adjacent to an activating group) is 1. The molecule has 2 N–H and O–H groups in total. The Kier molecular flexibility index (Phi) is 6.76. The monoisotopic (exact) mass is 408 g/mol. The van der Waals surface area contributed by atoms with E-state index in [2.05, 4.69) is 26.6 Å². The first kappa shape index (κ1) is 18.7. The number of ether oxygens (including phenoxy) is 2. The highest BCUT2D eigenvalue weighted by atomic mass is 79.9. The van der Waals surface area contributed by atoms with E-state index in [0.29, 0.717) is 5.75 Å². The molecule has 0 fully saturated rings. The van der Waals surface area contributed by atoms with Gasteiger partial charge >= 0.3 is 5.97 Å². The van der Waals surface area contributed by atoms with Crippen molar-refractivity contribution in [2.75, 3.05) is 26.8 Å². The van der Waals surface area contributed by atoms with Crippen molar-refractivity contribution in [3.8, 4) is 5.75 Å². The van der Waals surface area contributed by atoms with Gasteiger partial charge in [0.2, 0.25) is 5.91 Å². The highest BCUT2D eigenvalue weighted by molar-refractivity contribution is 9.10. The molecular weight excluding hydrogens is 392 g/mol. The minimum atomic E-state index is -0.685. The second-order valence-corrected chi connectivity index (χ2v) is 5.79. The van der Waals surface area contributed by atoms with E-state index >= 15 is 0 Å². The van der Waals surface area contributed by atoms with Crippen LogP contribution in [0.5, 0.6) is 5.75 Å². The lowest BCUT2D eigenvalue weighted by Gasteiger charge is -2.10. The van der Waals surface area contributed by atoms with Crippen molar-refractivity contribution in [2.45, 2.75) is 0 Å². The van der Waals surface area contributed by atoms with Crippen molar-refractivity contribution in [3.05, 3.63) is 40.9 Å². The van der Waals surface area contributed by atoms with Crippen molar-refractivity contribution in [1.82, 2.24) is 10.6 Å². The van der Waals surface area contributed by atoms with Crippen molar-refractivity contribution >= 4 is 44.5 Å². The molecular formula is C17H17BrN2O5. The normalized spacial score (nSPS) is 10.2. The second kappa shape index (κ2) is 9.03. The molecule has 0 bridgehead atoms. The Balaban J connectivity index is 1.81. The Labute approximate surface area is 152 Å². The smallest absolute Gasteiger partial charge is 0.344 e. The van der Waals surface area contributed by atoms with Gasteiger partial charge in [0, 0.05) is 7.05 Å². The summed E-state index contributed by atoms with van der Waals surface area (Å²) in [5, 5.41) is 6.67. The summed E-state index contributed by atoms with van der Waals surface area (Å²) in [4.78, 5) is 34.1. The van der Waals surface area contributed by atoms with E-state index in [9.17, 15) is 14.4 Å². The molecule has 0 atom stereocenters. The number of fused-ring (bicyclic) bond motifs is 1. The minimum Gasteiger partial charge on any atom is -0.481 e. The molecule has 0 heterocycles. The first-order chi connectivity index (χ1) is 12.0. The van der Waals surface area contributed by atoms with Gasteiger partial charge < -0.3 is 20.1 Å². The zero-order chi connectivity index (χ0) is 18.2. The number of nitrogens with one attached hydrogen (secondary N) is 2. The summed E-state index contributed by atoms with van der Waals surface area (Å²) in [5.74, 6) is -1.09. The van der Waals surface area contributed by atoms with Crippen molar-refractivity contribution < 1.29 is 23.9 Å². The molecule has 132 valence electrons. The number of rotatable bonds is 7. The first-order valence-electron chi connectivity index (χ1n) is 7.44. The van der Waals surface area contributed by atoms with E-state index in [1.165, 1.54) is 7.05 Å². The van der Waals surface area contributed by atoms with Crippen LogP contribution in [0.3, 0.4) is 0 Å². The largest absolute Gasteiger partial charge is 0.481 e. The Morgan fingerprint density at radius 1 is 1.04 bits per heavy atom. The Morgan fingerprint density at radius 2 is 1.80 bits per heavy atom. The van der Waals surface area contributed by atoms with Gasteiger partial charge in [-0.15, -0.1) is 0 Å². The van der Waals surface area contributed by atoms with Crippen molar-refractivity contribution in [1.29, 1.82) is 0 Å². The van der Waals surface area contributed by atoms with Crippen LogP contribution in [0.1, 0.15) is 0 Å². The Hall–Kier alpha value is -2.61. The van der Waals surface area contributed by atoms with Gasteiger partial charge in [0.05, 0.1) is 11.0 Å². The fraction of sp³-hybridized carbons (Fsp3) is 0.235. The molecule has 2 rings (SSSR count). The van der Waals surface area contributed by atoms with Gasteiger partial charge in [-0.1, -0.05) is 30.3 Å². The number of esters is 1. The average Bonchev–Trinajstić information content (AvgIpc) is 2.64. The van der Waals surface area contributed by atoms with Crippen LogP contribution in [-0.2, 0) is 19.1 Å². The number of benzene rings is 2. The molecule has 2 amide bonds. The van der Waals surface area contributed by atoms with Gasteiger partial charge in [-0.25, -0.2) is 4.79 Å². The lowest BCUT2D eigenvalue weighted by Crippen LogP contribution is -2.37. The zero-order valence-electron chi connectivity index (χ0n) is 13.5. The molecule has 0 saturated heterocycles. The topological polar surface area (TPSA) is 93.7 Å². The van der Waals surface area contributed by atoms with Crippen LogP contribution in [0.25, 0.3) is 10.8 Å². The zero-order valence-corrected chi connectivity index (χ0v) is 15.1. The highest BCUT2D eigenvalue weighted by Crippen LogP contribution is 2.32. The fourth-order valence-corrected chi connectivity index (χ4v) is 2.58. The summed E-state index contributed by atoms with van der Waals surface area (Å²) in [6.07, 6.45) is 0. The fourth-order valence-electron chi connectivity index (χ4n) is 1.97. The molecule has 8 heteroatoms. The van der Waals surface area contributed by atoms with Gasteiger partial charge in [0.25, 0.3) is 5.91 Å². The van der Waals surface area contributed by atoms with Crippen LogP contribution in [0.4, 0.5) is 0 Å². The molecule has 0 unspecified atom stereocenters. The SMILES string of the molecule is CNC(=O)CNC(=O)COC(=O)COc1ccc2ccccc2c1Br. The summed E-state index contributed by atoms with van der Waals surface area (Å²) in [6.45, 7) is -0.981. The van der Waals surface area contributed by atoms with Crippen molar-refractivity contribution in [2.24, 2.45) is 0 Å². The third-order valence-corrected chi connectivity index (χ3v) is 4.08. The van der Waals surface area contributed by atoms with E-state index in [4.69, 9.17) is 9.47 Å². The van der Waals surface area contributed by atoms with E-state index in [1.807, 2.05) is 30.3 Å². The van der Waals surface area contributed by atoms with Crippen LogP contribution in [0.2, 0.25) is 0 Å². The summed E-state index contributed by atoms with van der Waals surface area (Å²) >= 11 is 3.46. The van der Waals surface area contributed by atoms with Gasteiger partial charge in [0.1, 0.15) is 5.75 Å². The molecule has 0 aliphatic carbocycles. The summed E-state index contributed by atoms with van der Waals surface area (Å²) in [5.41, 5.74) is 0. The van der Waals surface area contributed by atoms with Gasteiger partial charge in [-0.05, 0) is 32.8 Å². The molecule has 2 aromatic carbocycles. The molecule has 0 saturated carbocycles. The molecule has 7 nitrogen and oxygen atoms in total. The van der Waals surface area contributed by atoms with Gasteiger partial charge in [-0.3, -0.25) is 9.59 Å². The number of carbonyl (C=O) groups is 3. The van der Waals surface area contributed by atoms with Crippen LogP contribution >= 0.6 is 15.9 Å². The van der Waals surface area contributed by atoms with E-state index in [1.54, 1.807) is 6.07 Å². The molecule has 2 aromatic rings. The quantitative estimate of drug-likeness (QED) is 0.675. The Bertz CT molecular complexity index is 794. The maximum Gasteiger partial charge on any atom is 0.344 e. The molecule has 0 aliphatic heterocycles. The number of amides is 2. The molecule has 25 heavy (non-hydrogen) atoms. The van der Waals surface area contributed by atoms with Crippen LogP contribution < -0.4 is 15.4 Å². The summed E-state index contributed by atoms with van der Waals surface area (Å²) < 4.78 is 11.0. The predicted molar refractivity (Wildman–Crippen MR) is 95.2 cm³/mol. The van der Waals surface area contributed by atoms with E-state index < -0.39 is 18.5 Å². The molecule has 0 spiro atoms. The minimum absolute atomic E-state index is 0.173. The van der Waals surface area contributed by atoms with E-state index in [-0.39, 0.29) is 19.1 Å². The Morgan fingerprint density at radius 3 is 2.56 bits per heavy atom. The first-order valence-corrected chi connectivity index (χ1v) is 8.23. The third kappa shape index (κ3) is 5.46. The lowest BCUT2D eigenvalue weighted by molar-refractivity contribution is -0.150. The van der Waals surface area contributed by atoms with Crippen LogP contribution in [-0.4, -0.2) is 44.6 Å². The van der Waals surface area contributed by atoms with Gasteiger partial charge in [0.15, 0.2) is 13.2 Å². The summed E-state index contributed by atoms with van der Waals surface area (Å²) in [6, 6.07) is 11.4. The second-order valence-electron chi connectivity index (χ2n) is 5.00. The molecule has 0 aliphatic rings.